The summed E-state index contributed by atoms with van der Waals surface area (Å²) in [6.45, 7) is 6.46. The van der Waals surface area contributed by atoms with Crippen LogP contribution in [-0.4, -0.2) is 111 Å². The molecule has 2 aromatic carbocycles. The molecule has 1 aliphatic heterocycles. The molecular formula is C40H53N7O7S. The second-order valence-electron chi connectivity index (χ2n) is 14.6. The van der Waals surface area contributed by atoms with E-state index >= 15 is 0 Å². The van der Waals surface area contributed by atoms with E-state index in [1.165, 1.54) is 22.7 Å². The maximum Gasteiger partial charge on any atom is 0.321 e. The quantitative estimate of drug-likeness (QED) is 0.0813. The van der Waals surface area contributed by atoms with Crippen LogP contribution in [0.5, 0.6) is 0 Å². The number of aromatic nitrogens is 1. The average Bonchev–Trinajstić information content (AvgIpc) is 3.84. The monoisotopic (exact) mass is 775 g/mol. The second kappa shape index (κ2) is 19.1. The lowest BCUT2D eigenvalue weighted by molar-refractivity contribution is -0.128. The normalized spacial score (nSPS) is 17.9. The fourth-order valence-electron chi connectivity index (χ4n) is 7.43. The van der Waals surface area contributed by atoms with Gasteiger partial charge in [-0.05, 0) is 79.0 Å². The SMILES string of the molecule is CC[C@H](C)[C@@H](C(=O)N[C@@H](Cc1ccccc1)[C@H](O)CN(CC1CCCC1)S(=O)(=O)c1ccc(/C=N/O)cc1)N1CCN(Cc2ccnc(/C(C)=N/O)c2)C1=O. The minimum Gasteiger partial charge on any atom is -0.411 e. The third-order valence-corrected chi connectivity index (χ3v) is 12.6. The Balaban J connectivity index is 1.39. The Morgan fingerprint density at radius 3 is 2.42 bits per heavy atom. The van der Waals surface area contributed by atoms with Crippen molar-refractivity contribution in [2.45, 2.75) is 88.9 Å². The molecule has 0 spiro atoms. The summed E-state index contributed by atoms with van der Waals surface area (Å²) in [6.07, 6.45) is 6.13. The van der Waals surface area contributed by atoms with Gasteiger partial charge in [0.25, 0.3) is 0 Å². The fraction of sp³-hybridized carbons (Fsp3) is 0.475. The van der Waals surface area contributed by atoms with Crippen LogP contribution in [0.15, 0.2) is 88.1 Å². The van der Waals surface area contributed by atoms with E-state index in [1.807, 2.05) is 44.2 Å². The van der Waals surface area contributed by atoms with Crippen molar-refractivity contribution in [1.82, 2.24) is 24.4 Å². The Kier molecular flexibility index (Phi) is 14.4. The highest BCUT2D eigenvalue weighted by Crippen LogP contribution is 2.29. The lowest BCUT2D eigenvalue weighted by Gasteiger charge is -2.35. The highest BCUT2D eigenvalue weighted by molar-refractivity contribution is 7.89. The number of aliphatic hydroxyl groups excluding tert-OH is 1. The largest absolute Gasteiger partial charge is 0.411 e. The predicted molar refractivity (Wildman–Crippen MR) is 209 cm³/mol. The van der Waals surface area contributed by atoms with Gasteiger partial charge >= 0.3 is 6.03 Å². The van der Waals surface area contributed by atoms with Gasteiger partial charge in [-0.25, -0.2) is 13.2 Å². The van der Waals surface area contributed by atoms with Crippen LogP contribution in [0, 0.1) is 11.8 Å². The summed E-state index contributed by atoms with van der Waals surface area (Å²) in [5, 5.41) is 39.4. The zero-order valence-corrected chi connectivity index (χ0v) is 32.6. The van der Waals surface area contributed by atoms with Gasteiger partial charge in [-0.1, -0.05) is 85.9 Å². The Labute approximate surface area is 323 Å². The summed E-state index contributed by atoms with van der Waals surface area (Å²) in [7, 11) is -4.07. The van der Waals surface area contributed by atoms with Crippen molar-refractivity contribution >= 4 is 33.9 Å². The van der Waals surface area contributed by atoms with Crippen LogP contribution in [0.4, 0.5) is 4.79 Å². The van der Waals surface area contributed by atoms with Gasteiger partial charge in [0.05, 0.1) is 28.9 Å². The third kappa shape index (κ3) is 10.5. The number of pyridine rings is 1. The van der Waals surface area contributed by atoms with Crippen molar-refractivity contribution in [3.63, 3.8) is 0 Å². The number of aliphatic hydroxyl groups is 1. The molecule has 3 aromatic rings. The van der Waals surface area contributed by atoms with E-state index in [0.29, 0.717) is 36.5 Å². The number of oxime groups is 2. The number of sulfonamides is 1. The molecule has 1 aliphatic carbocycles. The van der Waals surface area contributed by atoms with Crippen molar-refractivity contribution in [3.05, 3.63) is 95.3 Å². The van der Waals surface area contributed by atoms with Gasteiger partial charge in [-0.2, -0.15) is 4.31 Å². The number of urea groups is 1. The van der Waals surface area contributed by atoms with Crippen molar-refractivity contribution in [2.75, 3.05) is 26.2 Å². The van der Waals surface area contributed by atoms with Gasteiger partial charge in [-0.15, -0.1) is 0 Å². The minimum absolute atomic E-state index is 0.0463. The van der Waals surface area contributed by atoms with Gasteiger partial charge in [0.1, 0.15) is 11.8 Å². The van der Waals surface area contributed by atoms with Crippen molar-refractivity contribution < 1.29 is 33.5 Å². The Bertz CT molecular complexity index is 1900. The Morgan fingerprint density at radius 1 is 1.05 bits per heavy atom. The topological polar surface area (TPSA) is 188 Å². The number of nitrogens with one attached hydrogen (secondary N) is 1. The summed E-state index contributed by atoms with van der Waals surface area (Å²) in [6, 6.07) is 16.9. The van der Waals surface area contributed by atoms with Crippen LogP contribution < -0.4 is 5.32 Å². The molecule has 296 valence electrons. The van der Waals surface area contributed by atoms with Crippen LogP contribution >= 0.6 is 0 Å². The first-order chi connectivity index (χ1) is 26.4. The summed E-state index contributed by atoms with van der Waals surface area (Å²) >= 11 is 0. The van der Waals surface area contributed by atoms with E-state index in [9.17, 15) is 28.3 Å². The minimum atomic E-state index is -4.07. The van der Waals surface area contributed by atoms with Crippen LogP contribution in [0.2, 0.25) is 0 Å². The molecule has 3 amide bonds. The second-order valence-corrected chi connectivity index (χ2v) is 16.6. The lowest BCUT2D eigenvalue weighted by atomic mass is 9.95. The van der Waals surface area contributed by atoms with Crippen molar-refractivity contribution in [3.8, 4) is 0 Å². The number of hydrogen-bond acceptors (Lipinski definition) is 10. The summed E-state index contributed by atoms with van der Waals surface area (Å²) in [5.41, 5.74) is 3.01. The average molecular weight is 776 g/mol. The summed E-state index contributed by atoms with van der Waals surface area (Å²) in [5.74, 6) is -0.515. The number of carbonyl (C=O) groups excluding carboxylic acids is 2. The van der Waals surface area contributed by atoms with E-state index in [-0.39, 0.29) is 48.8 Å². The highest BCUT2D eigenvalue weighted by Gasteiger charge is 2.41. The molecule has 2 aliphatic rings. The maximum atomic E-state index is 14.4. The molecule has 14 nitrogen and oxygen atoms in total. The van der Waals surface area contributed by atoms with E-state index in [2.05, 4.69) is 20.6 Å². The summed E-state index contributed by atoms with van der Waals surface area (Å²) in [4.78, 5) is 35.9. The molecule has 4 atom stereocenters. The number of hydrogen-bond donors (Lipinski definition) is 4. The first-order valence-electron chi connectivity index (χ1n) is 18.9. The molecule has 15 heteroatoms. The third-order valence-electron chi connectivity index (χ3n) is 10.8. The van der Waals surface area contributed by atoms with Crippen LogP contribution in [-0.2, 0) is 27.8 Å². The molecule has 4 N–H and O–H groups in total. The van der Waals surface area contributed by atoms with Gasteiger partial charge in [0, 0.05) is 38.9 Å². The van der Waals surface area contributed by atoms with Crippen LogP contribution in [0.1, 0.15) is 75.3 Å². The van der Waals surface area contributed by atoms with Gasteiger partial charge < -0.3 is 30.6 Å². The van der Waals surface area contributed by atoms with Gasteiger partial charge in [0.15, 0.2) is 0 Å². The number of nitrogens with zero attached hydrogens (tertiary/aromatic N) is 6. The number of rotatable bonds is 18. The van der Waals surface area contributed by atoms with Crippen molar-refractivity contribution in [1.29, 1.82) is 0 Å². The molecule has 0 radical (unpaired) electrons. The Morgan fingerprint density at radius 2 is 1.76 bits per heavy atom. The lowest BCUT2D eigenvalue weighted by Crippen LogP contribution is -2.57. The molecular weight excluding hydrogens is 723 g/mol. The molecule has 0 bridgehead atoms. The fourth-order valence-corrected chi connectivity index (χ4v) is 8.96. The molecule has 1 saturated carbocycles. The number of carbonyl (C=O) groups is 2. The molecule has 1 saturated heterocycles. The predicted octanol–water partition coefficient (Wildman–Crippen LogP) is 4.71. The Hall–Kier alpha value is -4.86. The van der Waals surface area contributed by atoms with E-state index in [1.54, 1.807) is 47.2 Å². The van der Waals surface area contributed by atoms with E-state index < -0.39 is 34.1 Å². The van der Waals surface area contributed by atoms with Crippen molar-refractivity contribution in [2.24, 2.45) is 22.1 Å². The zero-order chi connectivity index (χ0) is 39.5. The number of benzene rings is 2. The molecule has 1 aromatic heterocycles. The summed E-state index contributed by atoms with van der Waals surface area (Å²) < 4.78 is 29.7. The van der Waals surface area contributed by atoms with E-state index in [4.69, 9.17) is 5.21 Å². The first kappa shape index (κ1) is 41.3. The van der Waals surface area contributed by atoms with Gasteiger partial charge in [0.2, 0.25) is 15.9 Å². The molecule has 2 fully saturated rings. The highest BCUT2D eigenvalue weighted by atomic mass is 32.2. The van der Waals surface area contributed by atoms with Crippen LogP contribution in [0.25, 0.3) is 0 Å². The van der Waals surface area contributed by atoms with Gasteiger partial charge in [-0.3, -0.25) is 9.78 Å². The molecule has 55 heavy (non-hydrogen) atoms. The molecule has 2 heterocycles. The zero-order valence-electron chi connectivity index (χ0n) is 31.7. The first-order valence-corrected chi connectivity index (χ1v) is 20.4. The van der Waals surface area contributed by atoms with Crippen LogP contribution in [0.3, 0.4) is 0 Å². The maximum absolute atomic E-state index is 14.4. The molecule has 0 unspecified atom stereocenters. The smallest absolute Gasteiger partial charge is 0.321 e. The molecule has 5 rings (SSSR count). The standard InChI is InChI=1S/C40H53N7O7S/c1-4-28(2)38(47-21-20-45(40(47)50)25-33-18-19-41-35(23-33)29(3)44-52)39(49)43-36(22-30-10-6-5-7-11-30)37(48)27-46(26-32-12-8-9-13-32)55(53,54)34-16-14-31(15-17-34)24-42-51/h5-7,10-11,14-19,23-24,28,32,36-38,48,51-52H,4,8-9,12-13,20-22,25-27H2,1-3H3,(H,43,49)/b42-24+,44-29+/t28-,36-,37+,38-/m0/s1. The van der Waals surface area contributed by atoms with E-state index in [0.717, 1.165) is 36.8 Å². The number of amides is 3.